The lowest BCUT2D eigenvalue weighted by Crippen LogP contribution is -2.54. The second-order valence-corrected chi connectivity index (χ2v) is 5.30. The van der Waals surface area contributed by atoms with Crippen molar-refractivity contribution < 1.29 is 17.9 Å². The second kappa shape index (κ2) is 5.32. The third-order valence-electron chi connectivity index (χ3n) is 2.52. The average Bonchev–Trinajstić information content (AvgIpc) is 2.28. The minimum Gasteiger partial charge on any atom is -0.452 e. The summed E-state index contributed by atoms with van der Waals surface area (Å²) in [6.07, 6.45) is 0.899. The molecule has 17 heavy (non-hydrogen) atoms. The van der Waals surface area contributed by atoms with E-state index >= 15 is 0 Å². The van der Waals surface area contributed by atoms with E-state index in [9.17, 15) is 13.2 Å². The molecule has 1 fully saturated rings. The van der Waals surface area contributed by atoms with Crippen LogP contribution in [0.5, 0.6) is 0 Å². The van der Waals surface area contributed by atoms with Crippen molar-refractivity contribution in [2.24, 2.45) is 5.73 Å². The molecule has 9 heteroatoms. The van der Waals surface area contributed by atoms with E-state index in [1.165, 1.54) is 0 Å². The molecule has 1 atom stereocenters. The summed E-state index contributed by atoms with van der Waals surface area (Å²) in [5.74, 6) is -0.222. The van der Waals surface area contributed by atoms with Gasteiger partial charge in [-0.25, -0.2) is 9.52 Å². The van der Waals surface area contributed by atoms with E-state index in [1.807, 2.05) is 0 Å². The van der Waals surface area contributed by atoms with Gasteiger partial charge in [-0.15, -0.1) is 0 Å². The molecule has 0 radical (unpaired) electrons. The highest BCUT2D eigenvalue weighted by atomic mass is 32.2. The van der Waals surface area contributed by atoms with Crippen molar-refractivity contribution in [1.82, 2.24) is 9.03 Å². The van der Waals surface area contributed by atoms with Gasteiger partial charge in [-0.3, -0.25) is 5.41 Å². The number of hydrogen-bond acceptors (Lipinski definition) is 5. The van der Waals surface area contributed by atoms with Crippen molar-refractivity contribution in [3.8, 4) is 0 Å². The largest absolute Gasteiger partial charge is 0.452 e. The van der Waals surface area contributed by atoms with Gasteiger partial charge in [0.05, 0.1) is 13.2 Å². The molecule has 1 heterocycles. The molecule has 0 saturated carbocycles. The van der Waals surface area contributed by atoms with E-state index in [-0.39, 0.29) is 12.4 Å². The number of rotatable bonds is 3. The first kappa shape index (κ1) is 13.7. The average molecular weight is 264 g/mol. The molecule has 1 aliphatic rings. The van der Waals surface area contributed by atoms with Crippen LogP contribution in [-0.2, 0) is 14.9 Å². The van der Waals surface area contributed by atoms with Crippen LogP contribution in [0.1, 0.15) is 19.3 Å². The molecule has 1 rings (SSSR count). The molecule has 1 saturated heterocycles. The van der Waals surface area contributed by atoms with Crippen LogP contribution in [0.25, 0.3) is 0 Å². The van der Waals surface area contributed by atoms with Crippen LogP contribution in [0.4, 0.5) is 4.79 Å². The van der Waals surface area contributed by atoms with Crippen LogP contribution >= 0.6 is 0 Å². The Labute approximate surface area is 99.8 Å². The Kier molecular flexibility index (Phi) is 4.29. The Balaban J connectivity index is 2.87. The first-order chi connectivity index (χ1) is 7.88. The Morgan fingerprint density at radius 2 is 2.18 bits per heavy atom. The molecule has 98 valence electrons. The summed E-state index contributed by atoms with van der Waals surface area (Å²) < 4.78 is 30.7. The Hall–Kier alpha value is -1.35. The minimum atomic E-state index is -4.00. The smallest absolute Gasteiger partial charge is 0.421 e. The van der Waals surface area contributed by atoms with Crippen molar-refractivity contribution in [3.05, 3.63) is 0 Å². The van der Waals surface area contributed by atoms with Crippen molar-refractivity contribution in [3.63, 3.8) is 0 Å². The van der Waals surface area contributed by atoms with Crippen molar-refractivity contribution in [1.29, 1.82) is 5.41 Å². The summed E-state index contributed by atoms with van der Waals surface area (Å²) in [4.78, 5) is 10.9. The molecule has 0 spiro atoms. The van der Waals surface area contributed by atoms with Crippen LogP contribution in [0.15, 0.2) is 0 Å². The molecule has 1 amide bonds. The number of nitrogens with two attached hydrogens (primary N) is 1. The number of amidine groups is 1. The zero-order valence-electron chi connectivity index (χ0n) is 9.47. The molecule has 0 aromatic heterocycles. The highest BCUT2D eigenvalue weighted by Gasteiger charge is 2.35. The lowest BCUT2D eigenvalue weighted by molar-refractivity contribution is 0.176. The van der Waals surface area contributed by atoms with Crippen LogP contribution in [0.3, 0.4) is 0 Å². The summed E-state index contributed by atoms with van der Waals surface area (Å²) >= 11 is 0. The van der Waals surface area contributed by atoms with E-state index < -0.39 is 22.3 Å². The fourth-order valence-electron chi connectivity index (χ4n) is 1.71. The number of carbonyl (C=O) groups excluding carboxylic acids is 1. The standard InChI is InChI=1S/C8H16N4O4S/c1-16-8(13)11-17(14,15)12-5-3-2-4-6(12)7(9)10/h6H,2-5H2,1H3,(H3,9,10)(H,11,13). The molecule has 0 bridgehead atoms. The zero-order chi connectivity index (χ0) is 13.1. The molecular weight excluding hydrogens is 248 g/mol. The number of methoxy groups -OCH3 is 1. The van der Waals surface area contributed by atoms with Crippen LogP contribution in [0.2, 0.25) is 0 Å². The van der Waals surface area contributed by atoms with Crippen LogP contribution in [0, 0.1) is 5.41 Å². The van der Waals surface area contributed by atoms with E-state index in [0.29, 0.717) is 12.8 Å². The maximum absolute atomic E-state index is 11.8. The SMILES string of the molecule is COC(=O)NS(=O)(=O)N1CCCCC1C(=N)N. The van der Waals surface area contributed by atoms with Crippen molar-refractivity contribution in [2.75, 3.05) is 13.7 Å². The van der Waals surface area contributed by atoms with Crippen molar-refractivity contribution in [2.45, 2.75) is 25.3 Å². The van der Waals surface area contributed by atoms with Gasteiger partial charge in [-0.1, -0.05) is 6.42 Å². The third kappa shape index (κ3) is 3.30. The number of nitrogens with zero attached hydrogens (tertiary/aromatic N) is 1. The molecule has 0 aromatic rings. The molecule has 4 N–H and O–H groups in total. The lowest BCUT2D eigenvalue weighted by Gasteiger charge is -2.33. The van der Waals surface area contributed by atoms with Gasteiger partial charge in [0.25, 0.3) is 0 Å². The fraction of sp³-hybridized carbons (Fsp3) is 0.750. The molecule has 8 nitrogen and oxygen atoms in total. The van der Waals surface area contributed by atoms with Crippen molar-refractivity contribution >= 4 is 22.1 Å². The van der Waals surface area contributed by atoms with Gasteiger partial charge < -0.3 is 10.5 Å². The summed E-state index contributed by atoms with van der Waals surface area (Å²) in [6, 6.07) is -0.689. The Morgan fingerprint density at radius 3 is 2.71 bits per heavy atom. The van der Waals surface area contributed by atoms with Crippen LogP contribution < -0.4 is 10.5 Å². The predicted molar refractivity (Wildman–Crippen MR) is 60.7 cm³/mol. The molecule has 1 aliphatic heterocycles. The van der Waals surface area contributed by atoms with E-state index in [1.54, 1.807) is 4.72 Å². The van der Waals surface area contributed by atoms with E-state index in [2.05, 4.69) is 4.74 Å². The quantitative estimate of drug-likeness (QED) is 0.462. The van der Waals surface area contributed by atoms with Gasteiger partial charge in [-0.2, -0.15) is 12.7 Å². The fourth-order valence-corrected chi connectivity index (χ4v) is 3.04. The highest BCUT2D eigenvalue weighted by Crippen LogP contribution is 2.19. The monoisotopic (exact) mass is 264 g/mol. The number of amides is 1. The maximum atomic E-state index is 11.8. The number of piperidine rings is 1. The zero-order valence-corrected chi connectivity index (χ0v) is 10.3. The lowest BCUT2D eigenvalue weighted by atomic mass is 10.0. The van der Waals surface area contributed by atoms with E-state index in [0.717, 1.165) is 17.8 Å². The number of nitrogens with one attached hydrogen (secondary N) is 2. The summed E-state index contributed by atoms with van der Waals surface area (Å²) in [5.41, 5.74) is 5.35. The third-order valence-corrected chi connectivity index (χ3v) is 4.00. The normalized spacial score (nSPS) is 21.8. The van der Waals surface area contributed by atoms with Gasteiger partial charge in [0.15, 0.2) is 0 Å². The summed E-state index contributed by atoms with van der Waals surface area (Å²) in [7, 11) is -2.93. The predicted octanol–water partition coefficient (Wildman–Crippen LogP) is -0.622. The first-order valence-electron chi connectivity index (χ1n) is 5.10. The summed E-state index contributed by atoms with van der Waals surface area (Å²) in [6.45, 7) is 0.233. The van der Waals surface area contributed by atoms with E-state index in [4.69, 9.17) is 11.1 Å². The number of carbonyl (C=O) groups is 1. The molecular formula is C8H16N4O4S. The van der Waals surface area contributed by atoms with Gasteiger partial charge >= 0.3 is 16.3 Å². The van der Waals surface area contributed by atoms with Gasteiger partial charge in [0.1, 0.15) is 5.84 Å². The Morgan fingerprint density at radius 1 is 1.53 bits per heavy atom. The highest BCUT2D eigenvalue weighted by molar-refractivity contribution is 7.87. The summed E-state index contributed by atoms with van der Waals surface area (Å²) in [5, 5.41) is 7.35. The Bertz CT molecular complexity index is 408. The maximum Gasteiger partial charge on any atom is 0.421 e. The number of ether oxygens (including phenoxy) is 1. The van der Waals surface area contributed by atoms with Crippen LogP contribution in [-0.4, -0.2) is 44.3 Å². The minimum absolute atomic E-state index is 0.222. The second-order valence-electron chi connectivity index (χ2n) is 3.68. The first-order valence-corrected chi connectivity index (χ1v) is 6.54. The van der Waals surface area contributed by atoms with Gasteiger partial charge in [0.2, 0.25) is 0 Å². The number of hydrogen-bond donors (Lipinski definition) is 3. The van der Waals surface area contributed by atoms with Gasteiger partial charge in [-0.05, 0) is 12.8 Å². The molecule has 0 aromatic carbocycles. The topological polar surface area (TPSA) is 126 Å². The molecule has 1 unspecified atom stereocenters. The molecule has 0 aliphatic carbocycles. The van der Waals surface area contributed by atoms with Gasteiger partial charge in [0, 0.05) is 6.54 Å².